The predicted octanol–water partition coefficient (Wildman–Crippen LogP) is 5.40. The number of rotatable bonds is 8. The summed E-state index contributed by atoms with van der Waals surface area (Å²) in [6.45, 7) is 0.361. The lowest BCUT2D eigenvalue weighted by atomic mass is 10.1. The fourth-order valence-corrected chi connectivity index (χ4v) is 3.01. The van der Waals surface area contributed by atoms with Crippen LogP contribution in [0.15, 0.2) is 77.3 Å². The molecule has 32 heavy (non-hydrogen) atoms. The molecule has 4 aromatic rings. The average molecular weight is 429 g/mol. The van der Waals surface area contributed by atoms with E-state index in [1.165, 1.54) is 12.1 Å². The average Bonchev–Trinajstić information content (AvgIpc) is 3.31. The van der Waals surface area contributed by atoms with E-state index in [-0.39, 0.29) is 5.69 Å². The van der Waals surface area contributed by atoms with Crippen molar-refractivity contribution in [3.8, 4) is 22.9 Å². The minimum Gasteiger partial charge on any atom is -0.496 e. The number of non-ortho nitro benzene ring substituents is 1. The van der Waals surface area contributed by atoms with Crippen LogP contribution < -0.4 is 9.47 Å². The summed E-state index contributed by atoms with van der Waals surface area (Å²) < 4.78 is 16.5. The Morgan fingerprint density at radius 3 is 2.53 bits per heavy atom. The first kappa shape index (κ1) is 20.8. The molecule has 0 unspecified atom stereocenters. The number of hydrogen-bond donors (Lipinski definition) is 0. The van der Waals surface area contributed by atoms with Gasteiger partial charge in [0, 0.05) is 29.3 Å². The van der Waals surface area contributed by atoms with Crippen LogP contribution >= 0.6 is 0 Å². The number of nitro groups is 1. The van der Waals surface area contributed by atoms with Gasteiger partial charge in [-0.1, -0.05) is 29.4 Å². The third-order valence-corrected chi connectivity index (χ3v) is 4.64. The first-order chi connectivity index (χ1) is 15.6. The van der Waals surface area contributed by atoms with Gasteiger partial charge in [-0.05, 0) is 48.0 Å². The van der Waals surface area contributed by atoms with Crippen molar-refractivity contribution >= 4 is 17.8 Å². The number of nitro benzene ring substituents is 1. The van der Waals surface area contributed by atoms with Gasteiger partial charge in [0.05, 0.1) is 12.0 Å². The maximum absolute atomic E-state index is 10.8. The van der Waals surface area contributed by atoms with Crippen molar-refractivity contribution in [1.82, 2.24) is 10.1 Å². The van der Waals surface area contributed by atoms with E-state index < -0.39 is 4.92 Å². The largest absolute Gasteiger partial charge is 0.496 e. The van der Waals surface area contributed by atoms with Gasteiger partial charge in [0.25, 0.3) is 11.6 Å². The van der Waals surface area contributed by atoms with E-state index in [0.717, 1.165) is 22.6 Å². The van der Waals surface area contributed by atoms with Crippen molar-refractivity contribution in [3.05, 3.63) is 99.9 Å². The van der Waals surface area contributed by atoms with Crippen LogP contribution in [0.4, 0.5) is 5.69 Å². The first-order valence-corrected chi connectivity index (χ1v) is 9.74. The SMILES string of the molecule is COc1ccc(/C=C\c2nc(-c3ccc([N+](=O)[O-])cc3)no2)cc1COc1ccccc1. The lowest BCUT2D eigenvalue weighted by Crippen LogP contribution is -1.99. The van der Waals surface area contributed by atoms with Crippen LogP contribution in [0.2, 0.25) is 0 Å². The van der Waals surface area contributed by atoms with Crippen molar-refractivity contribution in [3.63, 3.8) is 0 Å². The Kier molecular flexibility index (Phi) is 6.22. The molecule has 0 saturated carbocycles. The van der Waals surface area contributed by atoms with Gasteiger partial charge in [0.1, 0.15) is 18.1 Å². The highest BCUT2D eigenvalue weighted by Crippen LogP contribution is 2.24. The second kappa shape index (κ2) is 9.57. The van der Waals surface area contributed by atoms with Gasteiger partial charge in [0.15, 0.2) is 0 Å². The van der Waals surface area contributed by atoms with Crippen molar-refractivity contribution in [2.45, 2.75) is 6.61 Å². The van der Waals surface area contributed by atoms with Crippen LogP contribution in [-0.2, 0) is 6.61 Å². The fourth-order valence-electron chi connectivity index (χ4n) is 3.01. The Morgan fingerprint density at radius 1 is 1.03 bits per heavy atom. The minimum atomic E-state index is -0.456. The summed E-state index contributed by atoms with van der Waals surface area (Å²) in [7, 11) is 1.62. The van der Waals surface area contributed by atoms with Crippen molar-refractivity contribution in [2.75, 3.05) is 7.11 Å². The molecule has 3 aromatic carbocycles. The monoisotopic (exact) mass is 429 g/mol. The summed E-state index contributed by atoms with van der Waals surface area (Å²) in [6.07, 6.45) is 3.55. The fraction of sp³-hybridized carbons (Fsp3) is 0.0833. The van der Waals surface area contributed by atoms with E-state index in [1.54, 1.807) is 25.3 Å². The maximum Gasteiger partial charge on any atom is 0.269 e. The van der Waals surface area contributed by atoms with Gasteiger partial charge in [-0.2, -0.15) is 4.98 Å². The number of aromatic nitrogens is 2. The molecule has 0 amide bonds. The van der Waals surface area contributed by atoms with E-state index in [0.29, 0.717) is 23.9 Å². The molecule has 0 fully saturated rings. The maximum atomic E-state index is 10.8. The van der Waals surface area contributed by atoms with Crippen LogP contribution in [0.25, 0.3) is 23.5 Å². The van der Waals surface area contributed by atoms with Crippen molar-refractivity contribution < 1.29 is 18.9 Å². The molecule has 8 heteroatoms. The number of para-hydroxylation sites is 1. The molecule has 0 aliphatic rings. The summed E-state index contributed by atoms with van der Waals surface area (Å²) in [5.74, 6) is 2.18. The molecule has 0 aliphatic carbocycles. The Balaban J connectivity index is 1.47. The van der Waals surface area contributed by atoms with Gasteiger partial charge in [-0.3, -0.25) is 10.1 Å². The second-order valence-electron chi connectivity index (χ2n) is 6.77. The summed E-state index contributed by atoms with van der Waals surface area (Å²) >= 11 is 0. The van der Waals surface area contributed by atoms with Crippen LogP contribution in [-0.4, -0.2) is 22.2 Å². The Bertz CT molecular complexity index is 1230. The molecule has 0 spiro atoms. The molecule has 8 nitrogen and oxygen atoms in total. The van der Waals surface area contributed by atoms with Crippen LogP contribution in [0.1, 0.15) is 17.0 Å². The zero-order valence-electron chi connectivity index (χ0n) is 17.2. The van der Waals surface area contributed by atoms with Crippen LogP contribution in [0.3, 0.4) is 0 Å². The normalized spacial score (nSPS) is 10.9. The number of nitrogens with zero attached hydrogens (tertiary/aromatic N) is 3. The number of methoxy groups -OCH3 is 1. The molecule has 4 rings (SSSR count). The van der Waals surface area contributed by atoms with E-state index >= 15 is 0 Å². The van der Waals surface area contributed by atoms with E-state index in [4.69, 9.17) is 14.0 Å². The van der Waals surface area contributed by atoms with E-state index in [2.05, 4.69) is 10.1 Å². The van der Waals surface area contributed by atoms with E-state index in [1.807, 2.05) is 54.6 Å². The quantitative estimate of drug-likeness (QED) is 0.273. The topological polar surface area (TPSA) is 101 Å². The lowest BCUT2D eigenvalue weighted by molar-refractivity contribution is -0.384. The lowest BCUT2D eigenvalue weighted by Gasteiger charge is -2.11. The van der Waals surface area contributed by atoms with Gasteiger partial charge in [0.2, 0.25) is 5.82 Å². The van der Waals surface area contributed by atoms with Gasteiger partial charge in [-0.25, -0.2) is 0 Å². The number of ether oxygens (including phenoxy) is 2. The molecular weight excluding hydrogens is 410 g/mol. The summed E-state index contributed by atoms with van der Waals surface area (Å²) in [4.78, 5) is 14.6. The molecule has 1 heterocycles. The third-order valence-electron chi connectivity index (χ3n) is 4.64. The second-order valence-corrected chi connectivity index (χ2v) is 6.77. The predicted molar refractivity (Wildman–Crippen MR) is 119 cm³/mol. The molecule has 1 aromatic heterocycles. The molecule has 160 valence electrons. The van der Waals surface area contributed by atoms with Crippen LogP contribution in [0, 0.1) is 10.1 Å². The molecule has 0 radical (unpaired) electrons. The van der Waals surface area contributed by atoms with Gasteiger partial charge < -0.3 is 14.0 Å². The highest BCUT2D eigenvalue weighted by Gasteiger charge is 2.10. The highest BCUT2D eigenvalue weighted by atomic mass is 16.6. The van der Waals surface area contributed by atoms with Crippen molar-refractivity contribution in [2.24, 2.45) is 0 Å². The molecule has 0 N–H and O–H groups in total. The molecule has 0 saturated heterocycles. The van der Waals surface area contributed by atoms with Gasteiger partial charge >= 0.3 is 0 Å². The van der Waals surface area contributed by atoms with Gasteiger partial charge in [-0.15, -0.1) is 0 Å². The van der Waals surface area contributed by atoms with Crippen LogP contribution in [0.5, 0.6) is 11.5 Å². The Hall–Kier alpha value is -4.46. The highest BCUT2D eigenvalue weighted by molar-refractivity contribution is 5.68. The molecule has 0 bridgehead atoms. The zero-order valence-corrected chi connectivity index (χ0v) is 17.2. The Morgan fingerprint density at radius 2 is 1.81 bits per heavy atom. The summed E-state index contributed by atoms with van der Waals surface area (Å²) in [5.41, 5.74) is 2.44. The summed E-state index contributed by atoms with van der Waals surface area (Å²) in [6, 6.07) is 21.3. The minimum absolute atomic E-state index is 0.00363. The smallest absolute Gasteiger partial charge is 0.269 e. The molecule has 0 aliphatic heterocycles. The third kappa shape index (κ3) is 4.99. The number of benzene rings is 3. The standard InChI is InChI=1S/C24H19N3O5/c1-30-22-13-7-17(15-19(22)16-31-21-5-3-2-4-6-21)8-14-23-25-24(26-32-23)18-9-11-20(12-10-18)27(28)29/h2-15H,16H2,1H3/b14-8-. The summed E-state index contributed by atoms with van der Waals surface area (Å²) in [5, 5.41) is 14.7. The Labute approximate surface area is 183 Å². The number of hydrogen-bond acceptors (Lipinski definition) is 7. The van der Waals surface area contributed by atoms with E-state index in [9.17, 15) is 10.1 Å². The molecule has 0 atom stereocenters. The van der Waals surface area contributed by atoms with Crippen molar-refractivity contribution in [1.29, 1.82) is 0 Å². The zero-order chi connectivity index (χ0) is 22.3. The molecular formula is C24H19N3O5. The first-order valence-electron chi connectivity index (χ1n) is 9.74.